The van der Waals surface area contributed by atoms with Crippen LogP contribution in [0.25, 0.3) is 0 Å². The highest BCUT2D eigenvalue weighted by atomic mass is 79.9. The van der Waals surface area contributed by atoms with Gasteiger partial charge in [-0.3, -0.25) is 18.6 Å². The zero-order valence-electron chi connectivity index (χ0n) is 18.2. The Balaban J connectivity index is 0.000000602. The summed E-state index contributed by atoms with van der Waals surface area (Å²) in [6.07, 6.45) is 5.01. The largest absolute Gasteiger partial charge is 0.406 e. The Kier molecular flexibility index (Phi) is 14.8. The van der Waals surface area contributed by atoms with Crippen molar-refractivity contribution >= 4 is 66.4 Å². The molecular weight excluding hydrogens is 611 g/mol. The topological polar surface area (TPSA) is 122 Å². The van der Waals surface area contributed by atoms with Crippen molar-refractivity contribution in [3.63, 3.8) is 0 Å². The highest BCUT2D eigenvalue weighted by Crippen LogP contribution is 2.49. The Morgan fingerprint density at radius 3 is 1.75 bits per heavy atom. The van der Waals surface area contributed by atoms with E-state index in [-0.39, 0.29) is 17.5 Å². The second-order valence-corrected chi connectivity index (χ2v) is 17.5. The van der Waals surface area contributed by atoms with Crippen molar-refractivity contribution < 1.29 is 31.6 Å². The zero-order chi connectivity index (χ0) is 24.9. The van der Waals surface area contributed by atoms with Crippen LogP contribution in [-0.2, 0) is 37.1 Å². The van der Waals surface area contributed by atoms with Gasteiger partial charge in [0.15, 0.2) is 11.6 Å². The summed E-state index contributed by atoms with van der Waals surface area (Å²) >= 11 is 9.85. The van der Waals surface area contributed by atoms with E-state index >= 15 is 0 Å². The minimum Gasteiger partial charge on any atom is -0.406 e. The van der Waals surface area contributed by atoms with Crippen molar-refractivity contribution in [2.45, 2.75) is 40.5 Å². The third-order valence-corrected chi connectivity index (χ3v) is 5.38. The van der Waals surface area contributed by atoms with Crippen molar-refractivity contribution in [1.82, 2.24) is 9.97 Å². The molecule has 0 amide bonds. The van der Waals surface area contributed by atoms with Crippen LogP contribution in [0.2, 0.25) is 0 Å². The van der Waals surface area contributed by atoms with E-state index in [1.165, 1.54) is 24.3 Å². The average molecular weight is 636 g/mol. The van der Waals surface area contributed by atoms with Crippen molar-refractivity contribution in [2.75, 3.05) is 13.2 Å². The molecule has 1 aromatic heterocycles. The van der Waals surface area contributed by atoms with Gasteiger partial charge in [0, 0.05) is 29.5 Å². The highest BCUT2D eigenvalue weighted by molar-refractivity contribution is 9.79. The van der Waals surface area contributed by atoms with Gasteiger partial charge < -0.3 is 4.52 Å². The van der Waals surface area contributed by atoms with Crippen molar-refractivity contribution in [1.29, 1.82) is 0 Å². The number of allylic oxidation sites excluding steroid dienone is 4. The SMILES string of the molecule is CCOP(=S)(OCC)Oc1cc(C)nc(C(C)C)n1.O=C1C=CC(=O)C=C1.O=S(=O)(Br)Br. The summed E-state index contributed by atoms with van der Waals surface area (Å²) in [5, 5.41) is 0. The third kappa shape index (κ3) is 15.9. The fourth-order valence-electron chi connectivity index (χ4n) is 1.83. The van der Waals surface area contributed by atoms with E-state index in [1.807, 2.05) is 34.6 Å². The molecule has 9 nitrogen and oxygen atoms in total. The van der Waals surface area contributed by atoms with Crippen LogP contribution in [-0.4, -0.2) is 43.2 Å². The lowest BCUT2D eigenvalue weighted by atomic mass is 10.2. The number of carbonyl (C=O) groups excluding carboxylic acids is 2. The van der Waals surface area contributed by atoms with Crippen LogP contribution in [0.4, 0.5) is 0 Å². The predicted octanol–water partition coefficient (Wildman–Crippen LogP) is 4.86. The lowest BCUT2D eigenvalue weighted by Gasteiger charge is -2.20. The number of rotatable bonds is 7. The van der Waals surface area contributed by atoms with Crippen LogP contribution in [0.5, 0.6) is 5.88 Å². The maximum absolute atomic E-state index is 10.3. The molecule has 0 aliphatic heterocycles. The summed E-state index contributed by atoms with van der Waals surface area (Å²) in [6.45, 7) is 4.74. The number of carbonyl (C=O) groups is 2. The lowest BCUT2D eigenvalue weighted by Crippen LogP contribution is -2.06. The van der Waals surface area contributed by atoms with E-state index in [0.717, 1.165) is 11.5 Å². The summed E-state index contributed by atoms with van der Waals surface area (Å²) in [5.41, 5.74) is 0.836. The molecule has 180 valence electrons. The number of hydrogen-bond donors (Lipinski definition) is 0. The molecule has 0 saturated heterocycles. The van der Waals surface area contributed by atoms with E-state index < -0.39 is 13.4 Å². The molecule has 0 aromatic carbocycles. The lowest BCUT2D eigenvalue weighted by molar-refractivity contribution is -0.113. The Morgan fingerprint density at radius 2 is 1.41 bits per heavy atom. The molecule has 0 radical (unpaired) electrons. The van der Waals surface area contributed by atoms with Gasteiger partial charge in [0.1, 0.15) is 5.82 Å². The number of ketones is 2. The second kappa shape index (κ2) is 15.2. The second-order valence-electron chi connectivity index (χ2n) is 6.08. The standard InChI is InChI=1S/C12H21N2O3PS.C6H4O2.Br2O2S/c1-6-15-18(19,16-7-2)17-11-8-10(5)13-12(14-11)9(3)4;7-5-1-2-6(8)4-3-5;1-5(2,3)4/h8-9H,6-7H2,1-5H3;1-4H;. The van der Waals surface area contributed by atoms with E-state index in [4.69, 9.17) is 25.4 Å². The van der Waals surface area contributed by atoms with E-state index in [0.29, 0.717) is 19.1 Å². The van der Waals surface area contributed by atoms with Crippen LogP contribution in [0.15, 0.2) is 30.4 Å². The molecule has 14 heteroatoms. The summed E-state index contributed by atoms with van der Waals surface area (Å²) in [4.78, 5) is 29.3. The first-order valence-electron chi connectivity index (χ1n) is 9.21. The molecular formula is C18H25Br2N2O7PS2. The number of aryl methyl sites for hydroxylation is 1. The van der Waals surface area contributed by atoms with Gasteiger partial charge in [-0.25, -0.2) is 13.4 Å². The normalized spacial score (nSPS) is 13.2. The van der Waals surface area contributed by atoms with Gasteiger partial charge in [-0.05, 0) is 45.1 Å². The quantitative estimate of drug-likeness (QED) is 0.233. The number of halogens is 2. The molecule has 0 spiro atoms. The van der Waals surface area contributed by atoms with Crippen LogP contribution in [0.3, 0.4) is 0 Å². The van der Waals surface area contributed by atoms with Gasteiger partial charge in [-0.2, -0.15) is 4.98 Å². The molecule has 1 aliphatic carbocycles. The molecule has 0 saturated carbocycles. The fraction of sp³-hybridized carbons (Fsp3) is 0.444. The first-order chi connectivity index (χ1) is 14.7. The smallest absolute Gasteiger partial charge is 0.381 e. The Hall–Kier alpha value is -0.820. The first-order valence-corrected chi connectivity index (χ1v) is 16.9. The van der Waals surface area contributed by atoms with Crippen molar-refractivity contribution in [3.05, 3.63) is 41.9 Å². The molecule has 0 N–H and O–H groups in total. The Labute approximate surface area is 208 Å². The first kappa shape index (κ1) is 31.2. The van der Waals surface area contributed by atoms with Crippen LogP contribution < -0.4 is 4.52 Å². The molecule has 0 unspecified atom stereocenters. The summed E-state index contributed by atoms with van der Waals surface area (Å²) in [6, 6.07) is 1.74. The van der Waals surface area contributed by atoms with Gasteiger partial charge in [-0.1, -0.05) is 13.8 Å². The van der Waals surface area contributed by atoms with Crippen molar-refractivity contribution in [2.24, 2.45) is 0 Å². The van der Waals surface area contributed by atoms with Crippen molar-refractivity contribution in [3.8, 4) is 5.88 Å². The van der Waals surface area contributed by atoms with E-state index in [9.17, 15) is 18.0 Å². The number of hydrogen-bond acceptors (Lipinski definition) is 10. The summed E-state index contributed by atoms with van der Waals surface area (Å²) < 4.78 is 35.5. The van der Waals surface area contributed by atoms with Gasteiger partial charge in [0.25, 0.3) is 6.70 Å². The molecule has 1 aliphatic rings. The Bertz CT molecular complexity index is 943. The molecule has 0 bridgehead atoms. The minimum atomic E-state index is -3.04. The maximum Gasteiger partial charge on any atom is 0.381 e. The zero-order valence-corrected chi connectivity index (χ0v) is 23.8. The van der Waals surface area contributed by atoms with Crippen LogP contribution in [0.1, 0.15) is 45.1 Å². The molecule has 32 heavy (non-hydrogen) atoms. The van der Waals surface area contributed by atoms with Gasteiger partial charge in [0.05, 0.1) is 42.8 Å². The minimum absolute atomic E-state index is 0.121. The molecule has 1 heterocycles. The monoisotopic (exact) mass is 634 g/mol. The van der Waals surface area contributed by atoms with E-state index in [1.54, 1.807) is 6.07 Å². The highest BCUT2D eigenvalue weighted by Gasteiger charge is 2.22. The Morgan fingerprint density at radius 1 is 1.00 bits per heavy atom. The van der Waals surface area contributed by atoms with Crippen LogP contribution in [0, 0.1) is 6.92 Å². The average Bonchev–Trinajstić information content (AvgIpc) is 2.63. The maximum atomic E-state index is 10.3. The van der Waals surface area contributed by atoms with Gasteiger partial charge >= 0.3 is 6.72 Å². The summed E-state index contributed by atoms with van der Waals surface area (Å²) in [7, 11) is 0. The van der Waals surface area contributed by atoms with E-state index in [2.05, 4.69) is 39.6 Å². The fourth-order valence-corrected chi connectivity index (χ4v) is 3.82. The molecule has 1 aromatic rings. The predicted molar refractivity (Wildman–Crippen MR) is 134 cm³/mol. The van der Waals surface area contributed by atoms with Gasteiger partial charge in [0.2, 0.25) is 5.88 Å². The summed E-state index contributed by atoms with van der Waals surface area (Å²) in [5.74, 6) is 1.12. The third-order valence-electron chi connectivity index (χ3n) is 2.97. The molecule has 0 fully saturated rings. The number of aromatic nitrogens is 2. The molecule has 2 rings (SSSR count). The van der Waals surface area contributed by atoms with Gasteiger partial charge in [-0.15, -0.1) is 0 Å². The molecule has 0 atom stereocenters. The number of nitrogens with zero attached hydrogens (tertiary/aromatic N) is 2. The van der Waals surface area contributed by atoms with Crippen LogP contribution >= 0.6 is 36.3 Å².